The minimum Gasteiger partial charge on any atom is -0.507 e. The van der Waals surface area contributed by atoms with Crippen LogP contribution in [-0.2, 0) is 10.0 Å². The lowest BCUT2D eigenvalue weighted by molar-refractivity contribution is 0.0572. The third kappa shape index (κ3) is 2.48. The first-order chi connectivity index (χ1) is 9.23. The van der Waals surface area contributed by atoms with Crippen LogP contribution in [0, 0.1) is 0 Å². The summed E-state index contributed by atoms with van der Waals surface area (Å²) < 4.78 is 25.3. The fourth-order valence-corrected chi connectivity index (χ4v) is 3.43. The molecule has 1 aliphatic heterocycles. The third-order valence-electron chi connectivity index (χ3n) is 3.06. The van der Waals surface area contributed by atoms with E-state index in [1.54, 1.807) is 0 Å². The SMILES string of the molecule is O=C(O)c1cc(S(=O)(=O)N2CC(O)C(O)C2)ccc1O. The molecule has 0 aromatic heterocycles. The average Bonchev–Trinajstić information content (AvgIpc) is 2.70. The highest BCUT2D eigenvalue weighted by atomic mass is 32.2. The molecule has 1 saturated heterocycles. The minimum atomic E-state index is -4.04. The Hall–Kier alpha value is -1.68. The maximum atomic E-state index is 12.2. The Bertz CT molecular complexity index is 632. The van der Waals surface area contributed by atoms with Crippen LogP contribution >= 0.6 is 0 Å². The Morgan fingerprint density at radius 3 is 2.25 bits per heavy atom. The van der Waals surface area contributed by atoms with Gasteiger partial charge in [0.25, 0.3) is 0 Å². The van der Waals surface area contributed by atoms with Crippen molar-refractivity contribution < 1.29 is 33.6 Å². The lowest BCUT2D eigenvalue weighted by Gasteiger charge is -2.16. The number of nitrogens with zero attached hydrogens (tertiary/aromatic N) is 1. The van der Waals surface area contributed by atoms with Crippen LogP contribution in [0.25, 0.3) is 0 Å². The van der Waals surface area contributed by atoms with E-state index in [4.69, 9.17) is 5.11 Å². The first kappa shape index (κ1) is 14.7. The molecule has 0 spiro atoms. The number of rotatable bonds is 3. The van der Waals surface area contributed by atoms with E-state index in [1.807, 2.05) is 0 Å². The van der Waals surface area contributed by atoms with Crippen LogP contribution in [0.2, 0.25) is 0 Å². The number of phenols is 1. The summed E-state index contributed by atoms with van der Waals surface area (Å²) in [7, 11) is -4.04. The zero-order valence-electron chi connectivity index (χ0n) is 10.2. The van der Waals surface area contributed by atoms with Gasteiger partial charge in [-0.3, -0.25) is 0 Å². The Morgan fingerprint density at radius 2 is 1.75 bits per heavy atom. The molecular weight excluding hydrogens is 290 g/mol. The van der Waals surface area contributed by atoms with E-state index in [9.17, 15) is 28.5 Å². The van der Waals surface area contributed by atoms with E-state index < -0.39 is 39.5 Å². The van der Waals surface area contributed by atoms with E-state index >= 15 is 0 Å². The molecule has 0 aliphatic carbocycles. The molecule has 2 rings (SSSR count). The molecule has 4 N–H and O–H groups in total. The van der Waals surface area contributed by atoms with Crippen LogP contribution in [-0.4, -0.2) is 64.4 Å². The minimum absolute atomic E-state index is 0.271. The molecule has 20 heavy (non-hydrogen) atoms. The van der Waals surface area contributed by atoms with Crippen LogP contribution in [0.1, 0.15) is 10.4 Å². The number of hydrogen-bond donors (Lipinski definition) is 4. The number of benzene rings is 1. The van der Waals surface area contributed by atoms with Crippen LogP contribution < -0.4 is 0 Å². The monoisotopic (exact) mass is 303 g/mol. The topological polar surface area (TPSA) is 135 Å². The number of aromatic hydroxyl groups is 1. The van der Waals surface area contributed by atoms with E-state index in [2.05, 4.69) is 0 Å². The number of sulfonamides is 1. The Labute approximate surface area is 114 Å². The van der Waals surface area contributed by atoms with Crippen LogP contribution in [0.4, 0.5) is 0 Å². The third-order valence-corrected chi connectivity index (χ3v) is 4.89. The van der Waals surface area contributed by atoms with Gasteiger partial charge in [0.05, 0.1) is 17.1 Å². The number of β-amino-alcohol motifs (C(OH)–C–C–N with tert-alkyl or cyclic N) is 2. The molecule has 0 bridgehead atoms. The van der Waals surface area contributed by atoms with E-state index in [1.165, 1.54) is 0 Å². The van der Waals surface area contributed by atoms with Crippen molar-refractivity contribution in [1.29, 1.82) is 0 Å². The molecule has 0 amide bonds. The second-order valence-electron chi connectivity index (χ2n) is 4.44. The Balaban J connectivity index is 2.40. The maximum absolute atomic E-state index is 12.2. The fraction of sp³-hybridized carbons (Fsp3) is 0.364. The van der Waals surface area contributed by atoms with Gasteiger partial charge in [0.1, 0.15) is 11.3 Å². The van der Waals surface area contributed by atoms with Crippen molar-refractivity contribution in [1.82, 2.24) is 4.31 Å². The van der Waals surface area contributed by atoms with Gasteiger partial charge in [-0.1, -0.05) is 0 Å². The van der Waals surface area contributed by atoms with Crippen molar-refractivity contribution in [2.45, 2.75) is 17.1 Å². The quantitative estimate of drug-likeness (QED) is 0.551. The van der Waals surface area contributed by atoms with Gasteiger partial charge in [0.15, 0.2) is 0 Å². The van der Waals surface area contributed by atoms with Crippen molar-refractivity contribution >= 4 is 16.0 Å². The molecule has 9 heteroatoms. The van der Waals surface area contributed by atoms with Crippen molar-refractivity contribution in [3.05, 3.63) is 23.8 Å². The highest BCUT2D eigenvalue weighted by molar-refractivity contribution is 7.89. The van der Waals surface area contributed by atoms with Gasteiger partial charge >= 0.3 is 5.97 Å². The first-order valence-electron chi connectivity index (χ1n) is 5.66. The van der Waals surface area contributed by atoms with Crippen LogP contribution in [0.5, 0.6) is 5.75 Å². The summed E-state index contributed by atoms with van der Waals surface area (Å²) in [5.74, 6) is -2.00. The van der Waals surface area contributed by atoms with E-state index in [0.717, 1.165) is 22.5 Å². The number of aliphatic hydroxyl groups excluding tert-OH is 2. The maximum Gasteiger partial charge on any atom is 0.339 e. The normalized spacial score (nSPS) is 23.9. The van der Waals surface area contributed by atoms with Gasteiger partial charge in [-0.25, -0.2) is 13.2 Å². The Morgan fingerprint density at radius 1 is 1.20 bits per heavy atom. The van der Waals surface area contributed by atoms with Crippen molar-refractivity contribution in [3.8, 4) is 5.75 Å². The van der Waals surface area contributed by atoms with Crippen molar-refractivity contribution in [2.24, 2.45) is 0 Å². The molecule has 8 nitrogen and oxygen atoms in total. The molecule has 1 aliphatic rings. The highest BCUT2D eigenvalue weighted by Crippen LogP contribution is 2.26. The van der Waals surface area contributed by atoms with Gasteiger partial charge < -0.3 is 20.4 Å². The molecule has 1 heterocycles. The summed E-state index contributed by atoms with van der Waals surface area (Å²) in [6.07, 6.45) is -2.36. The average molecular weight is 303 g/mol. The second kappa shape index (κ2) is 5.02. The molecular formula is C11H13NO7S. The number of aliphatic hydroxyl groups is 2. The van der Waals surface area contributed by atoms with Gasteiger partial charge in [0, 0.05) is 13.1 Å². The zero-order chi connectivity index (χ0) is 15.1. The summed E-state index contributed by atoms with van der Waals surface area (Å²) in [6, 6.07) is 2.87. The lowest BCUT2D eigenvalue weighted by Crippen LogP contribution is -2.30. The second-order valence-corrected chi connectivity index (χ2v) is 6.38. The number of aromatic carboxylic acids is 1. The molecule has 2 unspecified atom stereocenters. The molecule has 2 atom stereocenters. The zero-order valence-corrected chi connectivity index (χ0v) is 11.0. The molecule has 1 fully saturated rings. The fourth-order valence-electron chi connectivity index (χ4n) is 1.93. The van der Waals surface area contributed by atoms with Crippen molar-refractivity contribution in [2.75, 3.05) is 13.1 Å². The van der Waals surface area contributed by atoms with Gasteiger partial charge in [-0.05, 0) is 18.2 Å². The number of hydrogen-bond acceptors (Lipinski definition) is 6. The molecule has 0 radical (unpaired) electrons. The molecule has 1 aromatic rings. The number of carbonyl (C=O) groups is 1. The summed E-state index contributed by atoms with van der Waals surface area (Å²) in [4.78, 5) is 10.6. The van der Waals surface area contributed by atoms with Gasteiger partial charge in [0.2, 0.25) is 10.0 Å². The number of carboxylic acid groups (broad SMARTS) is 1. The van der Waals surface area contributed by atoms with Crippen LogP contribution in [0.15, 0.2) is 23.1 Å². The molecule has 1 aromatic carbocycles. The van der Waals surface area contributed by atoms with E-state index in [0.29, 0.717) is 0 Å². The summed E-state index contributed by atoms with van der Waals surface area (Å²) in [5, 5.41) is 37.0. The molecule has 0 saturated carbocycles. The molecule has 110 valence electrons. The number of carboxylic acids is 1. The van der Waals surface area contributed by atoms with E-state index in [-0.39, 0.29) is 18.0 Å². The van der Waals surface area contributed by atoms with Gasteiger partial charge in [-0.2, -0.15) is 4.31 Å². The first-order valence-corrected chi connectivity index (χ1v) is 7.10. The standard InChI is InChI=1S/C11H13NO7S/c13-8-2-1-6(3-7(8)11(16)17)20(18,19)12-4-9(14)10(15)5-12/h1-3,9-10,13-15H,4-5H2,(H,16,17). The largest absolute Gasteiger partial charge is 0.507 e. The summed E-state index contributed by atoms with van der Waals surface area (Å²) in [5.41, 5.74) is -0.536. The Kier molecular flexibility index (Phi) is 3.69. The summed E-state index contributed by atoms with van der Waals surface area (Å²) in [6.45, 7) is -0.542. The highest BCUT2D eigenvalue weighted by Gasteiger charge is 2.37. The van der Waals surface area contributed by atoms with Crippen LogP contribution in [0.3, 0.4) is 0 Å². The summed E-state index contributed by atoms with van der Waals surface area (Å²) >= 11 is 0. The smallest absolute Gasteiger partial charge is 0.339 e. The predicted octanol–water partition coefficient (Wildman–Crippen LogP) is -1.18. The predicted molar refractivity (Wildman–Crippen MR) is 65.8 cm³/mol. The van der Waals surface area contributed by atoms with Crippen molar-refractivity contribution in [3.63, 3.8) is 0 Å². The van der Waals surface area contributed by atoms with Gasteiger partial charge in [-0.15, -0.1) is 0 Å². The lowest BCUT2D eigenvalue weighted by atomic mass is 10.2.